The zero-order valence-corrected chi connectivity index (χ0v) is 18.1. The van der Waals surface area contributed by atoms with E-state index in [1.165, 1.54) is 12.1 Å². The third kappa shape index (κ3) is 6.22. The molecule has 32 heavy (non-hydrogen) atoms. The molecule has 3 aromatic carbocycles. The van der Waals surface area contributed by atoms with Gasteiger partial charge in [-0.1, -0.05) is 54.1 Å². The summed E-state index contributed by atoms with van der Waals surface area (Å²) in [6.07, 6.45) is 0. The quantitative estimate of drug-likeness (QED) is 0.377. The number of fused-ring (bicyclic) bond motifs is 1. The SMILES string of the molecule is Cc1ccc(S(=O)(=O)NCC(=O)NCC(=O)OCC(=O)c2ccc3ccccc3c2)cc1. The Hall–Kier alpha value is -3.56. The number of sulfonamides is 1. The monoisotopic (exact) mass is 454 g/mol. The Balaban J connectivity index is 1.42. The first-order valence-electron chi connectivity index (χ1n) is 9.75. The highest BCUT2D eigenvalue weighted by Gasteiger charge is 2.16. The molecule has 0 fully saturated rings. The van der Waals surface area contributed by atoms with Crippen molar-refractivity contribution < 1.29 is 27.5 Å². The third-order valence-electron chi connectivity index (χ3n) is 4.62. The summed E-state index contributed by atoms with van der Waals surface area (Å²) in [6.45, 7) is 0.328. The number of ketones is 1. The number of esters is 1. The van der Waals surface area contributed by atoms with Crippen molar-refractivity contribution in [1.82, 2.24) is 10.0 Å². The Labute approximate surface area is 185 Å². The number of aryl methyl sites for hydroxylation is 1. The summed E-state index contributed by atoms with van der Waals surface area (Å²) >= 11 is 0. The number of rotatable bonds is 9. The molecule has 8 nitrogen and oxygen atoms in total. The highest BCUT2D eigenvalue weighted by atomic mass is 32.2. The number of amides is 1. The van der Waals surface area contributed by atoms with Crippen molar-refractivity contribution >= 4 is 38.5 Å². The lowest BCUT2D eigenvalue weighted by Crippen LogP contribution is -2.39. The first kappa shape index (κ1) is 23.1. The van der Waals surface area contributed by atoms with E-state index in [0.717, 1.165) is 16.3 Å². The fourth-order valence-corrected chi connectivity index (χ4v) is 3.82. The highest BCUT2D eigenvalue weighted by molar-refractivity contribution is 7.89. The van der Waals surface area contributed by atoms with Gasteiger partial charge in [-0.3, -0.25) is 14.4 Å². The number of carbonyl (C=O) groups is 3. The Bertz CT molecular complexity index is 1250. The van der Waals surface area contributed by atoms with E-state index >= 15 is 0 Å². The Morgan fingerprint density at radius 1 is 0.875 bits per heavy atom. The molecule has 0 heterocycles. The van der Waals surface area contributed by atoms with Crippen molar-refractivity contribution in [3.8, 4) is 0 Å². The fourth-order valence-electron chi connectivity index (χ4n) is 2.84. The van der Waals surface area contributed by atoms with Crippen molar-refractivity contribution in [2.24, 2.45) is 0 Å². The number of nitrogens with one attached hydrogen (secondary N) is 2. The lowest BCUT2D eigenvalue weighted by molar-refractivity contribution is -0.142. The minimum atomic E-state index is -3.85. The average molecular weight is 455 g/mol. The summed E-state index contributed by atoms with van der Waals surface area (Å²) in [5.41, 5.74) is 1.31. The van der Waals surface area contributed by atoms with Crippen LogP contribution in [0.1, 0.15) is 15.9 Å². The molecule has 166 valence electrons. The van der Waals surface area contributed by atoms with Gasteiger partial charge in [0, 0.05) is 5.56 Å². The molecular formula is C23H22N2O6S. The summed E-state index contributed by atoms with van der Waals surface area (Å²) in [4.78, 5) is 36.0. The molecule has 0 saturated heterocycles. The molecule has 0 aliphatic carbocycles. The van der Waals surface area contributed by atoms with Crippen LogP contribution in [0.25, 0.3) is 10.8 Å². The van der Waals surface area contributed by atoms with Crippen LogP contribution in [0.5, 0.6) is 0 Å². The van der Waals surface area contributed by atoms with Crippen LogP contribution < -0.4 is 10.0 Å². The maximum absolute atomic E-state index is 12.3. The van der Waals surface area contributed by atoms with E-state index in [2.05, 4.69) is 10.0 Å². The van der Waals surface area contributed by atoms with E-state index in [0.29, 0.717) is 5.56 Å². The Morgan fingerprint density at radius 3 is 2.28 bits per heavy atom. The van der Waals surface area contributed by atoms with Crippen LogP contribution in [-0.2, 0) is 24.3 Å². The molecule has 0 bridgehead atoms. The minimum Gasteiger partial charge on any atom is -0.456 e. The zero-order valence-electron chi connectivity index (χ0n) is 17.3. The van der Waals surface area contributed by atoms with E-state index < -0.39 is 41.6 Å². The molecule has 1 amide bonds. The molecule has 3 rings (SSSR count). The van der Waals surface area contributed by atoms with Gasteiger partial charge in [0.15, 0.2) is 12.4 Å². The van der Waals surface area contributed by atoms with Gasteiger partial charge in [-0.05, 0) is 35.9 Å². The van der Waals surface area contributed by atoms with Crippen molar-refractivity contribution in [1.29, 1.82) is 0 Å². The second-order valence-electron chi connectivity index (χ2n) is 7.06. The van der Waals surface area contributed by atoms with Crippen molar-refractivity contribution in [3.63, 3.8) is 0 Å². The zero-order chi connectivity index (χ0) is 23.1. The molecule has 2 N–H and O–H groups in total. The van der Waals surface area contributed by atoms with Gasteiger partial charge in [0.2, 0.25) is 15.9 Å². The molecule has 0 radical (unpaired) electrons. The molecule has 0 spiro atoms. The lowest BCUT2D eigenvalue weighted by Gasteiger charge is -2.08. The van der Waals surface area contributed by atoms with E-state index in [1.54, 1.807) is 24.3 Å². The van der Waals surface area contributed by atoms with Crippen LogP contribution in [0.4, 0.5) is 0 Å². The molecule has 0 aromatic heterocycles. The predicted octanol–water partition coefficient (Wildman–Crippen LogP) is 1.97. The second-order valence-corrected chi connectivity index (χ2v) is 8.83. The summed E-state index contributed by atoms with van der Waals surface area (Å²) in [7, 11) is -3.85. The summed E-state index contributed by atoms with van der Waals surface area (Å²) in [6, 6.07) is 18.9. The minimum absolute atomic E-state index is 0.0301. The number of hydrogen-bond acceptors (Lipinski definition) is 6. The van der Waals surface area contributed by atoms with E-state index in [4.69, 9.17) is 4.74 Å². The first-order chi connectivity index (χ1) is 15.2. The van der Waals surface area contributed by atoms with Gasteiger partial charge >= 0.3 is 5.97 Å². The largest absolute Gasteiger partial charge is 0.456 e. The standard InChI is InChI=1S/C23H22N2O6S/c1-16-6-10-20(11-7-16)32(29,30)25-13-22(27)24-14-23(28)31-15-21(26)19-9-8-17-4-2-3-5-18(17)12-19/h2-12,25H,13-15H2,1H3,(H,24,27). The van der Waals surface area contributed by atoms with Gasteiger partial charge in [-0.25, -0.2) is 13.1 Å². The lowest BCUT2D eigenvalue weighted by atomic mass is 10.0. The molecule has 0 saturated carbocycles. The number of ether oxygens (including phenoxy) is 1. The smallest absolute Gasteiger partial charge is 0.325 e. The van der Waals surface area contributed by atoms with Crippen LogP contribution in [0, 0.1) is 6.92 Å². The normalized spacial score (nSPS) is 11.2. The van der Waals surface area contributed by atoms with Crippen LogP contribution in [0.15, 0.2) is 71.6 Å². The van der Waals surface area contributed by atoms with Crippen molar-refractivity contribution in [2.45, 2.75) is 11.8 Å². The second kappa shape index (κ2) is 10.2. The number of carbonyl (C=O) groups excluding carboxylic acids is 3. The average Bonchev–Trinajstić information content (AvgIpc) is 2.79. The summed E-state index contributed by atoms with van der Waals surface area (Å²) in [5.74, 6) is -1.89. The first-order valence-corrected chi connectivity index (χ1v) is 11.2. The van der Waals surface area contributed by atoms with Crippen LogP contribution in [0.2, 0.25) is 0 Å². The van der Waals surface area contributed by atoms with Crippen LogP contribution >= 0.6 is 0 Å². The van der Waals surface area contributed by atoms with Gasteiger partial charge < -0.3 is 10.1 Å². The molecular weight excluding hydrogens is 432 g/mol. The van der Waals surface area contributed by atoms with Crippen molar-refractivity contribution in [3.05, 3.63) is 77.9 Å². The van der Waals surface area contributed by atoms with Gasteiger partial charge in [0.1, 0.15) is 6.54 Å². The van der Waals surface area contributed by atoms with Crippen LogP contribution in [0.3, 0.4) is 0 Å². The predicted molar refractivity (Wildman–Crippen MR) is 119 cm³/mol. The van der Waals surface area contributed by atoms with E-state index in [-0.39, 0.29) is 10.7 Å². The number of benzene rings is 3. The maximum Gasteiger partial charge on any atom is 0.325 e. The number of Topliss-reactive ketones (excluding diaryl/α,β-unsaturated/α-hetero) is 1. The topological polar surface area (TPSA) is 119 Å². The molecule has 0 aliphatic rings. The molecule has 3 aromatic rings. The highest BCUT2D eigenvalue weighted by Crippen LogP contribution is 2.16. The van der Waals surface area contributed by atoms with Crippen LogP contribution in [-0.4, -0.2) is 45.8 Å². The Morgan fingerprint density at radius 2 is 1.56 bits per heavy atom. The molecule has 0 atom stereocenters. The maximum atomic E-state index is 12.3. The summed E-state index contributed by atoms with van der Waals surface area (Å²) < 4.78 is 31.4. The van der Waals surface area contributed by atoms with Gasteiger partial charge in [0.25, 0.3) is 0 Å². The molecule has 0 unspecified atom stereocenters. The van der Waals surface area contributed by atoms with E-state index in [1.807, 2.05) is 37.3 Å². The van der Waals surface area contributed by atoms with E-state index in [9.17, 15) is 22.8 Å². The van der Waals surface area contributed by atoms with Crippen molar-refractivity contribution in [2.75, 3.05) is 19.7 Å². The summed E-state index contributed by atoms with van der Waals surface area (Å²) in [5, 5.41) is 4.13. The molecule has 0 aliphatic heterocycles. The third-order valence-corrected chi connectivity index (χ3v) is 6.04. The number of hydrogen-bond donors (Lipinski definition) is 2. The van der Waals surface area contributed by atoms with Gasteiger partial charge in [-0.2, -0.15) is 0 Å². The van der Waals surface area contributed by atoms with Gasteiger partial charge in [0.05, 0.1) is 11.4 Å². The fraction of sp³-hybridized carbons (Fsp3) is 0.174. The molecule has 9 heteroatoms. The van der Waals surface area contributed by atoms with Gasteiger partial charge in [-0.15, -0.1) is 0 Å². The Kier molecular flexibility index (Phi) is 7.34.